The van der Waals surface area contributed by atoms with Crippen molar-refractivity contribution in [2.75, 3.05) is 26.7 Å². The van der Waals surface area contributed by atoms with E-state index in [0.29, 0.717) is 5.92 Å². The molecule has 64 valence electrons. The third-order valence-corrected chi connectivity index (χ3v) is 1.73. The van der Waals surface area contributed by atoms with E-state index in [-0.39, 0.29) is 0 Å². The van der Waals surface area contributed by atoms with Crippen LogP contribution < -0.4 is 5.32 Å². The second kappa shape index (κ2) is 3.60. The third kappa shape index (κ3) is 2.41. The van der Waals surface area contributed by atoms with Gasteiger partial charge in [0.15, 0.2) is 5.96 Å². The molecular formula is C8H17N3. The van der Waals surface area contributed by atoms with Gasteiger partial charge in [-0.3, -0.25) is 4.99 Å². The summed E-state index contributed by atoms with van der Waals surface area (Å²) in [5.74, 6) is 1.74. The Bertz CT molecular complexity index is 151. The maximum absolute atomic E-state index is 4.32. The third-order valence-electron chi connectivity index (χ3n) is 1.73. The minimum atomic E-state index is 0.687. The van der Waals surface area contributed by atoms with Crippen LogP contribution in [0.15, 0.2) is 4.99 Å². The summed E-state index contributed by atoms with van der Waals surface area (Å²) in [4.78, 5) is 6.48. The molecule has 0 amide bonds. The first-order chi connectivity index (χ1) is 5.20. The highest BCUT2D eigenvalue weighted by molar-refractivity contribution is 5.81. The van der Waals surface area contributed by atoms with Crippen LogP contribution in [0.4, 0.5) is 0 Å². The lowest BCUT2D eigenvalue weighted by atomic mass is 10.2. The molecule has 3 nitrogen and oxygen atoms in total. The number of hydrogen-bond acceptors (Lipinski definition) is 3. The van der Waals surface area contributed by atoms with Crippen LogP contribution in [-0.4, -0.2) is 37.5 Å². The van der Waals surface area contributed by atoms with Gasteiger partial charge in [-0.2, -0.15) is 0 Å². The van der Waals surface area contributed by atoms with Crippen LogP contribution in [0.3, 0.4) is 0 Å². The number of aliphatic imine (C=N–C) groups is 1. The molecule has 0 saturated heterocycles. The SMILES string of the molecule is CC(C)CNC1=NCCN1C. The van der Waals surface area contributed by atoms with Crippen LogP contribution in [0, 0.1) is 5.92 Å². The van der Waals surface area contributed by atoms with Gasteiger partial charge in [-0.25, -0.2) is 0 Å². The standard InChI is InChI=1S/C8H17N3/c1-7(2)6-10-8-9-4-5-11(8)3/h7H,4-6H2,1-3H3,(H,9,10). The Hall–Kier alpha value is -0.730. The summed E-state index contributed by atoms with van der Waals surface area (Å²) in [7, 11) is 2.07. The fourth-order valence-electron chi connectivity index (χ4n) is 1.02. The number of hydrogen-bond donors (Lipinski definition) is 1. The molecule has 1 rings (SSSR count). The maximum Gasteiger partial charge on any atom is 0.193 e. The summed E-state index contributed by atoms with van der Waals surface area (Å²) in [5.41, 5.74) is 0. The fourth-order valence-corrected chi connectivity index (χ4v) is 1.02. The lowest BCUT2D eigenvalue weighted by molar-refractivity contribution is 0.519. The van der Waals surface area contributed by atoms with Gasteiger partial charge < -0.3 is 10.2 Å². The Balaban J connectivity index is 2.26. The Kier molecular flexibility index (Phi) is 2.74. The minimum Gasteiger partial charge on any atom is -0.356 e. The van der Waals surface area contributed by atoms with E-state index < -0.39 is 0 Å². The maximum atomic E-state index is 4.32. The average Bonchev–Trinajstić information content (AvgIpc) is 2.31. The summed E-state index contributed by atoms with van der Waals surface area (Å²) < 4.78 is 0. The lowest BCUT2D eigenvalue weighted by Gasteiger charge is -2.16. The zero-order chi connectivity index (χ0) is 8.27. The molecule has 1 aliphatic rings. The predicted molar refractivity (Wildman–Crippen MR) is 47.8 cm³/mol. The Morgan fingerprint density at radius 3 is 2.82 bits per heavy atom. The van der Waals surface area contributed by atoms with Gasteiger partial charge in [0.1, 0.15) is 0 Å². The van der Waals surface area contributed by atoms with Gasteiger partial charge in [0.2, 0.25) is 0 Å². The van der Waals surface area contributed by atoms with Crippen LogP contribution in [0.2, 0.25) is 0 Å². The zero-order valence-electron chi connectivity index (χ0n) is 7.59. The van der Waals surface area contributed by atoms with Crippen molar-refractivity contribution in [1.29, 1.82) is 0 Å². The first-order valence-electron chi connectivity index (χ1n) is 4.19. The normalized spacial score (nSPS) is 17.5. The van der Waals surface area contributed by atoms with Gasteiger partial charge in [0.25, 0.3) is 0 Å². The minimum absolute atomic E-state index is 0.687. The molecule has 1 heterocycles. The average molecular weight is 155 g/mol. The molecule has 0 bridgehead atoms. The summed E-state index contributed by atoms with van der Waals surface area (Å²) in [6, 6.07) is 0. The Labute approximate surface area is 68.5 Å². The van der Waals surface area contributed by atoms with Crippen molar-refractivity contribution in [3.63, 3.8) is 0 Å². The summed E-state index contributed by atoms with van der Waals surface area (Å²) in [5, 5.41) is 3.31. The van der Waals surface area contributed by atoms with Crippen molar-refractivity contribution in [3.8, 4) is 0 Å². The van der Waals surface area contributed by atoms with Crippen molar-refractivity contribution >= 4 is 5.96 Å². The topological polar surface area (TPSA) is 27.6 Å². The largest absolute Gasteiger partial charge is 0.356 e. The van der Waals surface area contributed by atoms with E-state index in [0.717, 1.165) is 25.6 Å². The monoisotopic (exact) mass is 155 g/mol. The van der Waals surface area contributed by atoms with E-state index >= 15 is 0 Å². The predicted octanol–water partition coefficient (Wildman–Crippen LogP) is 0.533. The van der Waals surface area contributed by atoms with E-state index in [9.17, 15) is 0 Å². The van der Waals surface area contributed by atoms with E-state index in [1.807, 2.05) is 0 Å². The molecule has 0 unspecified atom stereocenters. The molecule has 0 spiro atoms. The van der Waals surface area contributed by atoms with E-state index in [4.69, 9.17) is 0 Å². The molecule has 0 saturated carbocycles. The van der Waals surface area contributed by atoms with Gasteiger partial charge in [0.05, 0.1) is 6.54 Å². The molecule has 0 fully saturated rings. The Morgan fingerprint density at radius 1 is 1.64 bits per heavy atom. The number of rotatable bonds is 2. The molecule has 1 aliphatic heterocycles. The van der Waals surface area contributed by atoms with Crippen molar-refractivity contribution in [3.05, 3.63) is 0 Å². The van der Waals surface area contributed by atoms with E-state index in [2.05, 4.69) is 36.1 Å². The van der Waals surface area contributed by atoms with Crippen LogP contribution >= 0.6 is 0 Å². The van der Waals surface area contributed by atoms with E-state index in [1.54, 1.807) is 0 Å². The number of likely N-dealkylation sites (N-methyl/N-ethyl adjacent to an activating group) is 1. The highest BCUT2D eigenvalue weighted by atomic mass is 15.3. The summed E-state index contributed by atoms with van der Waals surface area (Å²) >= 11 is 0. The highest BCUT2D eigenvalue weighted by Crippen LogP contribution is 1.96. The van der Waals surface area contributed by atoms with Gasteiger partial charge in [-0.1, -0.05) is 13.8 Å². The van der Waals surface area contributed by atoms with Gasteiger partial charge in [-0.15, -0.1) is 0 Å². The van der Waals surface area contributed by atoms with Crippen LogP contribution in [0.5, 0.6) is 0 Å². The number of nitrogens with one attached hydrogen (secondary N) is 1. The molecule has 0 atom stereocenters. The molecule has 0 aliphatic carbocycles. The molecule has 11 heavy (non-hydrogen) atoms. The molecule has 0 aromatic heterocycles. The summed E-state index contributed by atoms with van der Waals surface area (Å²) in [6.45, 7) is 7.41. The van der Waals surface area contributed by atoms with Crippen molar-refractivity contribution in [1.82, 2.24) is 10.2 Å². The first-order valence-corrected chi connectivity index (χ1v) is 4.19. The van der Waals surface area contributed by atoms with Crippen LogP contribution in [0.1, 0.15) is 13.8 Å². The second-order valence-electron chi connectivity index (χ2n) is 3.40. The van der Waals surface area contributed by atoms with Gasteiger partial charge in [-0.05, 0) is 5.92 Å². The molecule has 0 aromatic carbocycles. The van der Waals surface area contributed by atoms with Gasteiger partial charge in [0, 0.05) is 20.1 Å². The summed E-state index contributed by atoms with van der Waals surface area (Å²) in [6.07, 6.45) is 0. The number of guanidine groups is 1. The zero-order valence-corrected chi connectivity index (χ0v) is 7.59. The van der Waals surface area contributed by atoms with Crippen LogP contribution in [-0.2, 0) is 0 Å². The van der Waals surface area contributed by atoms with Crippen molar-refractivity contribution < 1.29 is 0 Å². The smallest absolute Gasteiger partial charge is 0.193 e. The first kappa shape index (κ1) is 8.37. The number of nitrogens with zero attached hydrogens (tertiary/aromatic N) is 2. The highest BCUT2D eigenvalue weighted by Gasteiger charge is 2.10. The Morgan fingerprint density at radius 2 is 2.36 bits per heavy atom. The molecular weight excluding hydrogens is 138 g/mol. The van der Waals surface area contributed by atoms with Crippen molar-refractivity contribution in [2.45, 2.75) is 13.8 Å². The quantitative estimate of drug-likeness (QED) is 0.630. The molecule has 1 N–H and O–H groups in total. The lowest BCUT2D eigenvalue weighted by Crippen LogP contribution is -2.37. The molecule has 0 aromatic rings. The van der Waals surface area contributed by atoms with E-state index in [1.165, 1.54) is 0 Å². The van der Waals surface area contributed by atoms with Crippen molar-refractivity contribution in [2.24, 2.45) is 10.9 Å². The molecule has 0 radical (unpaired) electrons. The molecule has 3 heteroatoms. The fraction of sp³-hybridized carbons (Fsp3) is 0.875. The van der Waals surface area contributed by atoms with Gasteiger partial charge >= 0.3 is 0 Å². The second-order valence-corrected chi connectivity index (χ2v) is 3.40. The van der Waals surface area contributed by atoms with Crippen LogP contribution in [0.25, 0.3) is 0 Å².